The van der Waals surface area contributed by atoms with Gasteiger partial charge in [0.25, 0.3) is 0 Å². The molecule has 0 aromatic heterocycles. The molecule has 2 rings (SSSR count). The summed E-state index contributed by atoms with van der Waals surface area (Å²) < 4.78 is 0. The topological polar surface area (TPSA) is 12.0 Å². The van der Waals surface area contributed by atoms with Crippen molar-refractivity contribution in [3.63, 3.8) is 0 Å². The molecule has 0 spiro atoms. The lowest BCUT2D eigenvalue weighted by atomic mass is 9.98. The van der Waals surface area contributed by atoms with Crippen LogP contribution in [0.3, 0.4) is 0 Å². The van der Waals surface area contributed by atoms with Crippen molar-refractivity contribution in [1.29, 1.82) is 0 Å². The summed E-state index contributed by atoms with van der Waals surface area (Å²) in [7, 11) is 0. The molecule has 1 N–H and O–H groups in total. The average Bonchev–Trinajstić information content (AvgIpc) is 2.49. The summed E-state index contributed by atoms with van der Waals surface area (Å²) in [5.74, 6) is 0.630. The van der Waals surface area contributed by atoms with E-state index in [0.717, 1.165) is 19.5 Å². The van der Waals surface area contributed by atoms with Gasteiger partial charge in [-0.1, -0.05) is 67.6 Å². The molecular formula is C18H23N. The summed E-state index contributed by atoms with van der Waals surface area (Å²) in [6.45, 7) is 4.45. The lowest BCUT2D eigenvalue weighted by Crippen LogP contribution is -2.19. The fourth-order valence-corrected chi connectivity index (χ4v) is 2.27. The Labute approximate surface area is 116 Å². The van der Waals surface area contributed by atoms with E-state index in [1.165, 1.54) is 17.5 Å². The van der Waals surface area contributed by atoms with Gasteiger partial charge in [0.05, 0.1) is 0 Å². The monoisotopic (exact) mass is 253 g/mol. The van der Waals surface area contributed by atoms with Crippen molar-refractivity contribution in [2.75, 3.05) is 13.1 Å². The molecule has 0 bridgehead atoms. The number of benzene rings is 2. The van der Waals surface area contributed by atoms with Gasteiger partial charge in [-0.25, -0.2) is 0 Å². The zero-order valence-corrected chi connectivity index (χ0v) is 11.7. The van der Waals surface area contributed by atoms with Crippen molar-refractivity contribution >= 4 is 0 Å². The van der Waals surface area contributed by atoms with Crippen molar-refractivity contribution < 1.29 is 0 Å². The summed E-state index contributed by atoms with van der Waals surface area (Å²) in [4.78, 5) is 0. The first-order valence-corrected chi connectivity index (χ1v) is 7.16. The first-order valence-electron chi connectivity index (χ1n) is 7.16. The molecule has 0 amide bonds. The third kappa shape index (κ3) is 4.88. The van der Waals surface area contributed by atoms with Crippen molar-refractivity contribution in [2.24, 2.45) is 0 Å². The van der Waals surface area contributed by atoms with Crippen molar-refractivity contribution in [3.8, 4) is 0 Å². The zero-order chi connectivity index (χ0) is 13.3. The maximum Gasteiger partial charge on any atom is -0.000835 e. The van der Waals surface area contributed by atoms with Crippen LogP contribution in [0.25, 0.3) is 0 Å². The van der Waals surface area contributed by atoms with Gasteiger partial charge in [0.2, 0.25) is 0 Å². The molecule has 0 fully saturated rings. The first kappa shape index (κ1) is 13.8. The summed E-state index contributed by atoms with van der Waals surface area (Å²) in [6.07, 6.45) is 2.30. The van der Waals surface area contributed by atoms with Crippen LogP contribution in [0.4, 0.5) is 0 Å². The number of hydrogen-bond acceptors (Lipinski definition) is 1. The highest BCUT2D eigenvalue weighted by Gasteiger charge is 2.03. The Morgan fingerprint density at radius 1 is 0.842 bits per heavy atom. The molecule has 2 aromatic rings. The van der Waals surface area contributed by atoms with Gasteiger partial charge in [-0.3, -0.25) is 0 Å². The molecule has 0 aliphatic heterocycles. The van der Waals surface area contributed by atoms with Crippen molar-refractivity contribution in [1.82, 2.24) is 5.32 Å². The molecule has 0 aliphatic rings. The largest absolute Gasteiger partial charge is 0.316 e. The van der Waals surface area contributed by atoms with Crippen LogP contribution in [-0.2, 0) is 6.42 Å². The molecule has 1 atom stereocenters. The Morgan fingerprint density at radius 2 is 1.47 bits per heavy atom. The van der Waals surface area contributed by atoms with E-state index in [4.69, 9.17) is 0 Å². The van der Waals surface area contributed by atoms with E-state index in [2.05, 4.69) is 72.9 Å². The molecule has 19 heavy (non-hydrogen) atoms. The Bertz CT molecular complexity index is 450. The second-order valence-corrected chi connectivity index (χ2v) is 5.09. The van der Waals surface area contributed by atoms with Gasteiger partial charge in [-0.2, -0.15) is 0 Å². The van der Waals surface area contributed by atoms with Gasteiger partial charge in [0.15, 0.2) is 0 Å². The summed E-state index contributed by atoms with van der Waals surface area (Å²) in [6, 6.07) is 21.4. The number of nitrogens with one attached hydrogen (secondary N) is 1. The molecule has 100 valence electrons. The van der Waals surface area contributed by atoms with Crippen LogP contribution in [0.2, 0.25) is 0 Å². The van der Waals surface area contributed by atoms with E-state index in [1.807, 2.05) is 0 Å². The Morgan fingerprint density at radius 3 is 2.16 bits per heavy atom. The fourth-order valence-electron chi connectivity index (χ4n) is 2.27. The van der Waals surface area contributed by atoms with E-state index in [1.54, 1.807) is 0 Å². The molecule has 1 nitrogen and oxygen atoms in total. The van der Waals surface area contributed by atoms with Crippen LogP contribution >= 0.6 is 0 Å². The van der Waals surface area contributed by atoms with E-state index >= 15 is 0 Å². The Hall–Kier alpha value is -1.60. The zero-order valence-electron chi connectivity index (χ0n) is 11.7. The summed E-state index contributed by atoms with van der Waals surface area (Å²) in [5, 5.41) is 3.53. The van der Waals surface area contributed by atoms with Crippen LogP contribution in [0.5, 0.6) is 0 Å². The van der Waals surface area contributed by atoms with Crippen LogP contribution in [-0.4, -0.2) is 13.1 Å². The summed E-state index contributed by atoms with van der Waals surface area (Å²) >= 11 is 0. The highest BCUT2D eigenvalue weighted by molar-refractivity contribution is 5.18. The van der Waals surface area contributed by atoms with Crippen molar-refractivity contribution in [3.05, 3.63) is 71.8 Å². The van der Waals surface area contributed by atoms with Crippen LogP contribution in [0, 0.1) is 0 Å². The number of hydrogen-bond donors (Lipinski definition) is 1. The SMILES string of the molecule is C[C@H](CCNCCc1ccccc1)c1ccccc1. The predicted molar refractivity (Wildman–Crippen MR) is 82.5 cm³/mol. The standard InChI is InChI=1S/C18H23N/c1-16(18-10-6-3-7-11-18)12-14-19-15-13-17-8-4-2-5-9-17/h2-11,16,19H,12-15H2,1H3/t16-/m1/s1. The third-order valence-corrected chi connectivity index (χ3v) is 3.56. The third-order valence-electron chi connectivity index (χ3n) is 3.56. The van der Waals surface area contributed by atoms with Gasteiger partial charge in [0, 0.05) is 0 Å². The van der Waals surface area contributed by atoms with E-state index < -0.39 is 0 Å². The maximum absolute atomic E-state index is 3.53. The van der Waals surface area contributed by atoms with Crippen LogP contribution < -0.4 is 5.32 Å². The van der Waals surface area contributed by atoms with E-state index in [-0.39, 0.29) is 0 Å². The van der Waals surface area contributed by atoms with Gasteiger partial charge >= 0.3 is 0 Å². The molecular weight excluding hydrogens is 230 g/mol. The first-order chi connectivity index (χ1) is 9.36. The molecule has 0 radical (unpaired) electrons. The van der Waals surface area contributed by atoms with Crippen LogP contribution in [0.1, 0.15) is 30.4 Å². The van der Waals surface area contributed by atoms with E-state index in [9.17, 15) is 0 Å². The van der Waals surface area contributed by atoms with Gasteiger partial charge < -0.3 is 5.32 Å². The second kappa shape index (κ2) is 7.75. The Kier molecular flexibility index (Phi) is 5.64. The average molecular weight is 253 g/mol. The molecule has 0 unspecified atom stereocenters. The van der Waals surface area contributed by atoms with Crippen LogP contribution in [0.15, 0.2) is 60.7 Å². The Balaban J connectivity index is 1.62. The highest BCUT2D eigenvalue weighted by Crippen LogP contribution is 2.17. The van der Waals surface area contributed by atoms with Crippen molar-refractivity contribution in [2.45, 2.75) is 25.7 Å². The number of rotatable bonds is 7. The minimum atomic E-state index is 0.630. The quantitative estimate of drug-likeness (QED) is 0.735. The minimum absolute atomic E-state index is 0.630. The fraction of sp³-hybridized carbons (Fsp3) is 0.333. The molecule has 0 saturated carbocycles. The molecule has 0 heterocycles. The second-order valence-electron chi connectivity index (χ2n) is 5.09. The van der Waals surface area contributed by atoms with Gasteiger partial charge in [-0.05, 0) is 43.0 Å². The molecule has 1 heteroatoms. The predicted octanol–water partition coefficient (Wildman–Crippen LogP) is 4.01. The lowest BCUT2D eigenvalue weighted by molar-refractivity contribution is 0.595. The molecule has 0 aliphatic carbocycles. The smallest absolute Gasteiger partial charge is 0.000835 e. The summed E-state index contributed by atoms with van der Waals surface area (Å²) in [5.41, 5.74) is 2.85. The normalized spacial score (nSPS) is 12.3. The maximum atomic E-state index is 3.53. The highest BCUT2D eigenvalue weighted by atomic mass is 14.8. The lowest BCUT2D eigenvalue weighted by Gasteiger charge is -2.12. The van der Waals surface area contributed by atoms with E-state index in [0.29, 0.717) is 5.92 Å². The van der Waals surface area contributed by atoms with Gasteiger partial charge in [-0.15, -0.1) is 0 Å². The molecule has 0 saturated heterocycles. The minimum Gasteiger partial charge on any atom is -0.316 e. The molecule has 2 aromatic carbocycles. The van der Waals surface area contributed by atoms with Gasteiger partial charge in [0.1, 0.15) is 0 Å².